The van der Waals surface area contributed by atoms with Crippen LogP contribution < -0.4 is 10.6 Å². The zero-order valence-electron chi connectivity index (χ0n) is 7.91. The van der Waals surface area contributed by atoms with Gasteiger partial charge in [0.25, 0.3) is 0 Å². The van der Waals surface area contributed by atoms with Gasteiger partial charge in [-0.05, 0) is 18.2 Å². The lowest BCUT2D eigenvalue weighted by atomic mass is 10.3. The summed E-state index contributed by atoms with van der Waals surface area (Å²) < 4.78 is 0. The molecule has 3 nitrogen and oxygen atoms in total. The fourth-order valence-corrected chi connectivity index (χ4v) is 2.05. The lowest BCUT2D eigenvalue weighted by molar-refractivity contribution is -0.117. The van der Waals surface area contributed by atoms with Crippen LogP contribution in [0, 0.1) is 0 Å². The third-order valence-corrected chi connectivity index (χ3v) is 2.91. The van der Waals surface area contributed by atoms with Crippen molar-refractivity contribution in [3.63, 3.8) is 0 Å². The van der Waals surface area contributed by atoms with Gasteiger partial charge in [-0.15, -0.1) is 0 Å². The Morgan fingerprint density at radius 2 is 2.13 bits per heavy atom. The number of nitrogens with zero attached hydrogens (tertiary/aromatic N) is 1. The maximum absolute atomic E-state index is 11.6. The molecule has 1 saturated heterocycles. The van der Waals surface area contributed by atoms with E-state index in [9.17, 15) is 4.79 Å². The van der Waals surface area contributed by atoms with E-state index in [1.807, 2.05) is 0 Å². The summed E-state index contributed by atoms with van der Waals surface area (Å²) in [4.78, 5) is 13.2. The third-order valence-electron chi connectivity index (χ3n) is 2.35. The normalized spacial score (nSPS) is 21.1. The lowest BCUT2D eigenvalue weighted by Gasteiger charge is -2.17. The van der Waals surface area contributed by atoms with Crippen LogP contribution in [0.3, 0.4) is 0 Å². The quantitative estimate of drug-likeness (QED) is 0.823. The van der Waals surface area contributed by atoms with Gasteiger partial charge in [-0.25, -0.2) is 0 Å². The molecule has 1 aliphatic rings. The Kier molecular flexibility index (Phi) is 2.87. The van der Waals surface area contributed by atoms with Crippen LogP contribution in [-0.2, 0) is 4.79 Å². The monoisotopic (exact) mass is 244 g/mol. The molecular formula is C10H10Cl2N2O. The van der Waals surface area contributed by atoms with Gasteiger partial charge in [0.15, 0.2) is 0 Å². The third kappa shape index (κ3) is 2.09. The van der Waals surface area contributed by atoms with Gasteiger partial charge < -0.3 is 10.6 Å². The number of amides is 1. The highest BCUT2D eigenvalue weighted by molar-refractivity contribution is 6.35. The first kappa shape index (κ1) is 10.7. The first-order chi connectivity index (χ1) is 7.08. The Labute approximate surface area is 97.8 Å². The molecule has 1 heterocycles. The van der Waals surface area contributed by atoms with Gasteiger partial charge in [0.1, 0.15) is 0 Å². The van der Waals surface area contributed by atoms with E-state index >= 15 is 0 Å². The molecule has 0 saturated carbocycles. The maximum atomic E-state index is 11.6. The largest absolute Gasteiger partial charge is 0.326 e. The number of hydrogen-bond donors (Lipinski definition) is 1. The Balaban J connectivity index is 2.37. The Morgan fingerprint density at radius 3 is 2.73 bits per heavy atom. The second-order valence-corrected chi connectivity index (χ2v) is 4.41. The number of halogens is 2. The van der Waals surface area contributed by atoms with E-state index in [4.69, 9.17) is 28.9 Å². The minimum Gasteiger partial charge on any atom is -0.326 e. The molecule has 80 valence electrons. The highest BCUT2D eigenvalue weighted by Gasteiger charge is 2.29. The van der Waals surface area contributed by atoms with E-state index in [2.05, 4.69) is 0 Å². The molecule has 1 aromatic rings. The fraction of sp³-hybridized carbons (Fsp3) is 0.300. The molecule has 1 aromatic carbocycles. The molecule has 15 heavy (non-hydrogen) atoms. The molecule has 1 atom stereocenters. The molecule has 0 aliphatic carbocycles. The van der Waals surface area contributed by atoms with Gasteiger partial charge in [-0.1, -0.05) is 23.2 Å². The van der Waals surface area contributed by atoms with Crippen LogP contribution in [0.25, 0.3) is 0 Å². The predicted molar refractivity (Wildman–Crippen MR) is 61.4 cm³/mol. The van der Waals surface area contributed by atoms with Gasteiger partial charge in [0, 0.05) is 24.0 Å². The molecule has 0 aromatic heterocycles. The van der Waals surface area contributed by atoms with E-state index in [0.717, 1.165) is 0 Å². The van der Waals surface area contributed by atoms with Crippen molar-refractivity contribution < 1.29 is 4.79 Å². The average molecular weight is 245 g/mol. The van der Waals surface area contributed by atoms with Gasteiger partial charge in [-0.3, -0.25) is 4.79 Å². The molecule has 0 radical (unpaired) electrons. The fourth-order valence-electron chi connectivity index (χ4n) is 1.66. The Morgan fingerprint density at radius 1 is 1.40 bits per heavy atom. The first-order valence-electron chi connectivity index (χ1n) is 4.59. The van der Waals surface area contributed by atoms with E-state index < -0.39 is 0 Å². The van der Waals surface area contributed by atoms with E-state index in [-0.39, 0.29) is 11.9 Å². The molecular weight excluding hydrogens is 235 g/mol. The van der Waals surface area contributed by atoms with Gasteiger partial charge in [0.2, 0.25) is 5.91 Å². The first-order valence-corrected chi connectivity index (χ1v) is 5.34. The van der Waals surface area contributed by atoms with E-state index in [0.29, 0.717) is 28.7 Å². The summed E-state index contributed by atoms with van der Waals surface area (Å²) in [6.45, 7) is 0.499. The molecule has 2 N–H and O–H groups in total. The standard InChI is InChI=1S/C10H10Cl2N2O/c11-6-1-2-8(12)9(3-6)14-5-7(13)4-10(14)15/h1-3,7H,4-5,13H2. The van der Waals surface area contributed by atoms with Crippen LogP contribution in [0.4, 0.5) is 5.69 Å². The maximum Gasteiger partial charge on any atom is 0.228 e. The summed E-state index contributed by atoms with van der Waals surface area (Å²) in [6.07, 6.45) is 0.364. The number of carbonyl (C=O) groups excluding carboxylic acids is 1. The lowest BCUT2D eigenvalue weighted by Crippen LogP contribution is -2.28. The van der Waals surface area contributed by atoms with Crippen LogP contribution in [0.5, 0.6) is 0 Å². The van der Waals surface area contributed by atoms with Crippen molar-refractivity contribution in [3.05, 3.63) is 28.2 Å². The van der Waals surface area contributed by atoms with Crippen molar-refractivity contribution >= 4 is 34.8 Å². The second-order valence-electron chi connectivity index (χ2n) is 3.56. The SMILES string of the molecule is NC1CC(=O)N(c2cc(Cl)ccc2Cl)C1. The number of hydrogen-bond acceptors (Lipinski definition) is 2. The van der Waals surface area contributed by atoms with Crippen LogP contribution >= 0.6 is 23.2 Å². The summed E-state index contributed by atoms with van der Waals surface area (Å²) >= 11 is 11.8. The zero-order chi connectivity index (χ0) is 11.0. The molecule has 5 heteroatoms. The topological polar surface area (TPSA) is 46.3 Å². The summed E-state index contributed by atoms with van der Waals surface area (Å²) in [7, 11) is 0. The number of benzene rings is 1. The number of rotatable bonds is 1. The summed E-state index contributed by atoms with van der Waals surface area (Å²) in [5.74, 6) is -0.00772. The number of carbonyl (C=O) groups is 1. The van der Waals surface area contributed by atoms with Gasteiger partial charge >= 0.3 is 0 Å². The molecule has 0 bridgehead atoms. The second kappa shape index (κ2) is 4.00. The molecule has 0 spiro atoms. The zero-order valence-corrected chi connectivity index (χ0v) is 9.42. The molecule has 1 fully saturated rings. The number of nitrogens with two attached hydrogens (primary N) is 1. The van der Waals surface area contributed by atoms with Crippen LogP contribution in [0.15, 0.2) is 18.2 Å². The number of anilines is 1. The smallest absolute Gasteiger partial charge is 0.228 e. The van der Waals surface area contributed by atoms with Crippen molar-refractivity contribution in [2.24, 2.45) is 5.73 Å². The molecule has 2 rings (SSSR count). The van der Waals surface area contributed by atoms with Gasteiger partial charge in [-0.2, -0.15) is 0 Å². The van der Waals surface area contributed by atoms with Crippen molar-refractivity contribution in [2.75, 3.05) is 11.4 Å². The van der Waals surface area contributed by atoms with E-state index in [1.54, 1.807) is 23.1 Å². The van der Waals surface area contributed by atoms with E-state index in [1.165, 1.54) is 0 Å². The minimum absolute atomic E-state index is 0.00772. The molecule has 1 amide bonds. The van der Waals surface area contributed by atoms with Crippen molar-refractivity contribution in [1.29, 1.82) is 0 Å². The highest BCUT2D eigenvalue weighted by atomic mass is 35.5. The van der Waals surface area contributed by atoms with Crippen molar-refractivity contribution in [3.8, 4) is 0 Å². The molecule has 1 aliphatic heterocycles. The highest BCUT2D eigenvalue weighted by Crippen LogP contribution is 2.31. The summed E-state index contributed by atoms with van der Waals surface area (Å²) in [5.41, 5.74) is 6.34. The summed E-state index contributed by atoms with van der Waals surface area (Å²) in [5, 5.41) is 1.07. The predicted octanol–water partition coefficient (Wildman–Crippen LogP) is 2.06. The Bertz CT molecular complexity index is 408. The average Bonchev–Trinajstić information content (AvgIpc) is 2.50. The van der Waals surface area contributed by atoms with Crippen LogP contribution in [0.2, 0.25) is 10.0 Å². The molecule has 1 unspecified atom stereocenters. The van der Waals surface area contributed by atoms with Crippen LogP contribution in [0.1, 0.15) is 6.42 Å². The Hall–Kier alpha value is -0.770. The summed E-state index contributed by atoms with van der Waals surface area (Å²) in [6, 6.07) is 4.93. The minimum atomic E-state index is -0.118. The van der Waals surface area contributed by atoms with Crippen molar-refractivity contribution in [1.82, 2.24) is 0 Å². The van der Waals surface area contributed by atoms with Gasteiger partial charge in [0.05, 0.1) is 10.7 Å². The van der Waals surface area contributed by atoms with Crippen LogP contribution in [-0.4, -0.2) is 18.5 Å². The van der Waals surface area contributed by atoms with Crippen molar-refractivity contribution in [2.45, 2.75) is 12.5 Å².